The Balaban J connectivity index is 1.80. The average Bonchev–Trinajstić information content (AvgIpc) is 3.12. The average molecular weight is 402 g/mol. The van der Waals surface area contributed by atoms with Crippen LogP contribution < -0.4 is 0 Å². The molecule has 0 aliphatic heterocycles. The van der Waals surface area contributed by atoms with Crippen LogP contribution in [-0.2, 0) is 22.5 Å². The maximum atomic E-state index is 13.7. The summed E-state index contributed by atoms with van der Waals surface area (Å²) in [7, 11) is 1.21. The minimum absolute atomic E-state index is 0.0348. The molecule has 0 spiro atoms. The Kier molecular flexibility index (Phi) is 6.16. The lowest BCUT2D eigenvalue weighted by atomic mass is 10.1. The zero-order valence-electron chi connectivity index (χ0n) is 15.1. The van der Waals surface area contributed by atoms with Gasteiger partial charge in [0, 0.05) is 12.0 Å². The molecular weight excluding hydrogens is 385 g/mol. The molecule has 1 aromatic heterocycles. The maximum Gasteiger partial charge on any atom is 0.375 e. The van der Waals surface area contributed by atoms with Crippen LogP contribution in [0.1, 0.15) is 22.6 Å². The molecule has 0 fully saturated rings. The fourth-order valence-electron chi connectivity index (χ4n) is 2.63. The number of nitrogens with zero attached hydrogens (tertiary/aromatic N) is 3. The van der Waals surface area contributed by atoms with Gasteiger partial charge in [-0.25, -0.2) is 18.9 Å². The summed E-state index contributed by atoms with van der Waals surface area (Å²) in [6.07, 6.45) is 0.868. The first kappa shape index (κ1) is 19.7. The number of aryl methyl sites for hydroxylation is 1. The molecule has 144 valence electrons. The third-order valence-electron chi connectivity index (χ3n) is 4.08. The number of esters is 1. The number of hydrogen-bond acceptors (Lipinski definition) is 5. The van der Waals surface area contributed by atoms with E-state index in [1.54, 1.807) is 0 Å². The largest absolute Gasteiger partial charge is 0.463 e. The molecule has 3 rings (SSSR count). The maximum absolute atomic E-state index is 13.7. The first-order valence-corrected chi connectivity index (χ1v) is 8.90. The highest BCUT2D eigenvalue weighted by Gasteiger charge is 2.21. The van der Waals surface area contributed by atoms with E-state index in [0.717, 1.165) is 5.56 Å². The molecular formula is C20H17ClFN3O3. The van der Waals surface area contributed by atoms with Gasteiger partial charge in [-0.3, -0.25) is 4.79 Å². The zero-order valence-corrected chi connectivity index (χ0v) is 15.8. The molecule has 0 aliphatic rings. The number of carbonyl (C=O) groups is 2. The van der Waals surface area contributed by atoms with E-state index in [1.807, 2.05) is 30.3 Å². The summed E-state index contributed by atoms with van der Waals surface area (Å²) >= 11 is 5.69. The highest BCUT2D eigenvalue weighted by molar-refractivity contribution is 6.30. The Bertz CT molecular complexity index is 1010. The molecule has 0 saturated heterocycles. The number of methoxy groups -OCH3 is 1. The van der Waals surface area contributed by atoms with Gasteiger partial charge in [-0.05, 0) is 30.2 Å². The van der Waals surface area contributed by atoms with Gasteiger partial charge in [-0.1, -0.05) is 41.9 Å². The van der Waals surface area contributed by atoms with Crippen LogP contribution in [0.2, 0.25) is 5.02 Å². The Morgan fingerprint density at radius 1 is 1.18 bits per heavy atom. The van der Waals surface area contributed by atoms with Crippen molar-refractivity contribution in [1.82, 2.24) is 14.8 Å². The van der Waals surface area contributed by atoms with Gasteiger partial charge >= 0.3 is 5.97 Å². The summed E-state index contributed by atoms with van der Waals surface area (Å²) in [6.45, 7) is -0.139. The van der Waals surface area contributed by atoms with Crippen molar-refractivity contribution in [3.05, 3.63) is 70.8 Å². The minimum atomic E-state index is -0.732. The van der Waals surface area contributed by atoms with Crippen LogP contribution in [-0.4, -0.2) is 33.6 Å². The Hall–Kier alpha value is -3.06. The molecule has 1 heterocycles. The first-order chi connectivity index (χ1) is 13.5. The van der Waals surface area contributed by atoms with Crippen LogP contribution >= 0.6 is 11.6 Å². The molecule has 3 aromatic rings. The summed E-state index contributed by atoms with van der Waals surface area (Å²) < 4.78 is 19.6. The standard InChI is InChI=1S/C20H17ClFN3O3/c1-28-20(27)19-23-18(14-8-10-16(21)17(22)11-14)24-25(19)12-15(26)9-7-13-5-3-2-4-6-13/h2-6,8,10-11H,7,9,12H2,1H3. The number of Topliss-reactive ketones (excluding diaryl/α,β-unsaturated/α-hetero) is 1. The van der Waals surface area contributed by atoms with Gasteiger partial charge in [-0.2, -0.15) is 0 Å². The number of rotatable bonds is 7. The van der Waals surface area contributed by atoms with E-state index in [-0.39, 0.29) is 35.4 Å². The minimum Gasteiger partial charge on any atom is -0.463 e. The molecule has 0 saturated carbocycles. The lowest BCUT2D eigenvalue weighted by Crippen LogP contribution is -2.18. The van der Waals surface area contributed by atoms with E-state index in [1.165, 1.54) is 30.0 Å². The SMILES string of the molecule is COC(=O)c1nc(-c2ccc(Cl)c(F)c2)nn1CC(=O)CCc1ccccc1. The number of ketones is 1. The second-order valence-electron chi connectivity index (χ2n) is 6.06. The van der Waals surface area contributed by atoms with Crippen molar-refractivity contribution in [3.63, 3.8) is 0 Å². The monoisotopic (exact) mass is 401 g/mol. The molecule has 0 amide bonds. The van der Waals surface area contributed by atoms with Crippen LogP contribution in [0.5, 0.6) is 0 Å². The molecule has 0 unspecified atom stereocenters. The molecule has 6 nitrogen and oxygen atoms in total. The molecule has 8 heteroatoms. The number of halogens is 2. The molecule has 0 aliphatic carbocycles. The number of carbonyl (C=O) groups excluding carboxylic acids is 2. The molecule has 0 atom stereocenters. The fourth-order valence-corrected chi connectivity index (χ4v) is 2.74. The lowest BCUT2D eigenvalue weighted by molar-refractivity contribution is -0.119. The van der Waals surface area contributed by atoms with Crippen molar-refractivity contribution in [2.75, 3.05) is 7.11 Å². The van der Waals surface area contributed by atoms with E-state index in [9.17, 15) is 14.0 Å². The second kappa shape index (κ2) is 8.75. The normalized spacial score (nSPS) is 10.7. The van der Waals surface area contributed by atoms with Crippen molar-refractivity contribution >= 4 is 23.4 Å². The summed E-state index contributed by atoms with van der Waals surface area (Å²) in [5, 5.41) is 4.15. The summed E-state index contributed by atoms with van der Waals surface area (Å²) in [6, 6.07) is 13.7. The highest BCUT2D eigenvalue weighted by atomic mass is 35.5. The molecule has 0 N–H and O–H groups in total. The van der Waals surface area contributed by atoms with E-state index < -0.39 is 11.8 Å². The second-order valence-corrected chi connectivity index (χ2v) is 6.47. The van der Waals surface area contributed by atoms with Crippen molar-refractivity contribution in [2.24, 2.45) is 0 Å². The molecule has 28 heavy (non-hydrogen) atoms. The van der Waals surface area contributed by atoms with E-state index in [2.05, 4.69) is 10.1 Å². The predicted octanol–water partition coefficient (Wildman–Crippen LogP) is 3.73. The van der Waals surface area contributed by atoms with Gasteiger partial charge in [0.2, 0.25) is 5.82 Å². The zero-order chi connectivity index (χ0) is 20.1. The summed E-state index contributed by atoms with van der Waals surface area (Å²) in [5.41, 5.74) is 1.38. The third-order valence-corrected chi connectivity index (χ3v) is 4.39. The van der Waals surface area contributed by atoms with Crippen molar-refractivity contribution < 1.29 is 18.7 Å². The van der Waals surface area contributed by atoms with Gasteiger partial charge in [0.25, 0.3) is 0 Å². The third kappa shape index (κ3) is 4.61. The van der Waals surface area contributed by atoms with Crippen molar-refractivity contribution in [1.29, 1.82) is 0 Å². The Morgan fingerprint density at radius 2 is 1.93 bits per heavy atom. The molecule has 0 radical (unpaired) electrons. The lowest BCUT2D eigenvalue weighted by Gasteiger charge is -2.04. The van der Waals surface area contributed by atoms with Gasteiger partial charge in [0.05, 0.1) is 12.1 Å². The van der Waals surface area contributed by atoms with Gasteiger partial charge in [0.15, 0.2) is 11.6 Å². The quantitative estimate of drug-likeness (QED) is 0.564. The van der Waals surface area contributed by atoms with Crippen LogP contribution in [0.4, 0.5) is 4.39 Å². The topological polar surface area (TPSA) is 74.1 Å². The number of ether oxygens (including phenoxy) is 1. The van der Waals surface area contributed by atoms with Gasteiger partial charge in [-0.15, -0.1) is 5.10 Å². The van der Waals surface area contributed by atoms with Crippen LogP contribution in [0.3, 0.4) is 0 Å². The number of aromatic nitrogens is 3. The smallest absolute Gasteiger partial charge is 0.375 e. The molecule has 2 aromatic carbocycles. The van der Waals surface area contributed by atoms with E-state index in [4.69, 9.17) is 16.3 Å². The molecule has 0 bridgehead atoms. The van der Waals surface area contributed by atoms with E-state index >= 15 is 0 Å². The fraction of sp³-hybridized carbons (Fsp3) is 0.200. The van der Waals surface area contributed by atoms with Crippen LogP contribution in [0.25, 0.3) is 11.4 Å². The van der Waals surface area contributed by atoms with Gasteiger partial charge < -0.3 is 4.74 Å². The van der Waals surface area contributed by atoms with Crippen LogP contribution in [0, 0.1) is 5.82 Å². The predicted molar refractivity (Wildman–Crippen MR) is 102 cm³/mol. The summed E-state index contributed by atoms with van der Waals surface area (Å²) in [4.78, 5) is 28.5. The first-order valence-electron chi connectivity index (χ1n) is 8.52. The highest BCUT2D eigenvalue weighted by Crippen LogP contribution is 2.22. The number of hydrogen-bond donors (Lipinski definition) is 0. The van der Waals surface area contributed by atoms with Crippen molar-refractivity contribution in [2.45, 2.75) is 19.4 Å². The Labute approximate surface area is 165 Å². The van der Waals surface area contributed by atoms with Crippen LogP contribution in [0.15, 0.2) is 48.5 Å². The van der Waals surface area contributed by atoms with Gasteiger partial charge in [0.1, 0.15) is 12.4 Å². The summed E-state index contributed by atoms with van der Waals surface area (Å²) in [5.74, 6) is -1.50. The Morgan fingerprint density at radius 3 is 2.61 bits per heavy atom. The number of benzene rings is 2. The van der Waals surface area contributed by atoms with E-state index in [0.29, 0.717) is 12.0 Å². The van der Waals surface area contributed by atoms with Crippen molar-refractivity contribution in [3.8, 4) is 11.4 Å².